The molecule has 98 heavy (non-hydrogen) atoms. The first-order chi connectivity index (χ1) is 45.0. The van der Waals surface area contributed by atoms with Gasteiger partial charge in [-0.05, 0) is 165 Å². The van der Waals surface area contributed by atoms with Crippen LogP contribution in [0.4, 0.5) is 0 Å². The molecule has 0 saturated heterocycles. The summed E-state index contributed by atoms with van der Waals surface area (Å²) in [6, 6.07) is 84.6. The van der Waals surface area contributed by atoms with Crippen LogP contribution < -0.4 is 0 Å². The highest BCUT2D eigenvalue weighted by atomic mass is 14.3. The van der Waals surface area contributed by atoms with E-state index in [2.05, 4.69) is 438 Å². The number of hydrogen-bond donors (Lipinski definition) is 0. The van der Waals surface area contributed by atoms with Crippen LogP contribution in [0.3, 0.4) is 0 Å². The van der Waals surface area contributed by atoms with Gasteiger partial charge in [0.15, 0.2) is 0 Å². The zero-order chi connectivity index (χ0) is 73.4. The predicted octanol–water partition coefficient (Wildman–Crippen LogP) is 29.2. The van der Waals surface area contributed by atoms with Gasteiger partial charge in [-0.3, -0.25) is 0 Å². The van der Waals surface area contributed by atoms with Crippen molar-refractivity contribution in [2.24, 2.45) is 0 Å². The van der Waals surface area contributed by atoms with E-state index in [1.54, 1.807) is 0 Å². The van der Waals surface area contributed by atoms with Crippen molar-refractivity contribution in [1.82, 2.24) is 0 Å². The predicted molar refractivity (Wildman–Crippen MR) is 438 cm³/mol. The third kappa shape index (κ3) is 22.2. The van der Waals surface area contributed by atoms with Crippen molar-refractivity contribution in [3.63, 3.8) is 0 Å². The molecule has 10 aromatic carbocycles. The molecule has 0 heteroatoms. The quantitative estimate of drug-likeness (QED) is 0.165. The Kier molecular flexibility index (Phi) is 25.1. The van der Waals surface area contributed by atoms with Crippen molar-refractivity contribution < 1.29 is 0 Å². The van der Waals surface area contributed by atoms with Gasteiger partial charge in [-0.15, -0.1) is 0 Å². The van der Waals surface area contributed by atoms with Gasteiger partial charge in [0.2, 0.25) is 0 Å². The molecule has 520 valence electrons. The van der Waals surface area contributed by atoms with E-state index in [1.807, 2.05) is 0 Å². The molecule has 0 aliphatic rings. The molecular weight excluding hydrogens is 1180 g/mol. The van der Waals surface area contributed by atoms with Crippen LogP contribution >= 0.6 is 0 Å². The molecule has 10 rings (SSSR count). The molecular formula is C98H128. The summed E-state index contributed by atoms with van der Waals surface area (Å²) in [6.07, 6.45) is 0. The maximum absolute atomic E-state index is 2.34. The third-order valence-corrected chi connectivity index (χ3v) is 18.7. The lowest BCUT2D eigenvalue weighted by molar-refractivity contribution is 0.585. The molecule has 0 fully saturated rings. The Bertz CT molecular complexity index is 4030. The molecule has 0 radical (unpaired) electrons. The number of benzene rings is 10. The minimum absolute atomic E-state index is 0.154. The van der Waals surface area contributed by atoms with Crippen LogP contribution in [0.15, 0.2) is 231 Å². The first-order valence-corrected chi connectivity index (χ1v) is 36.3. The fraction of sp³-hybridized carbons (Fsp3) is 0.408. The second kappa shape index (κ2) is 30.9. The molecule has 10 aromatic rings. The van der Waals surface area contributed by atoms with Crippen LogP contribution in [0.5, 0.6) is 0 Å². The zero-order valence-corrected chi connectivity index (χ0v) is 66.9. The fourth-order valence-electron chi connectivity index (χ4n) is 12.3. The van der Waals surface area contributed by atoms with Gasteiger partial charge in [-0.1, -0.05) is 438 Å². The van der Waals surface area contributed by atoms with Crippen molar-refractivity contribution in [2.75, 3.05) is 0 Å². The minimum Gasteiger partial charge on any atom is -0.0619 e. The topological polar surface area (TPSA) is 0 Å². The van der Waals surface area contributed by atoms with Gasteiger partial charge in [-0.2, -0.15) is 0 Å². The van der Waals surface area contributed by atoms with Crippen LogP contribution in [0.1, 0.15) is 263 Å². The van der Waals surface area contributed by atoms with Gasteiger partial charge in [0.25, 0.3) is 0 Å². The van der Waals surface area contributed by atoms with Gasteiger partial charge < -0.3 is 0 Å². The lowest BCUT2D eigenvalue weighted by Gasteiger charge is -2.27. The molecule has 0 unspecified atom stereocenters. The van der Waals surface area contributed by atoms with E-state index >= 15 is 0 Å². The molecule has 0 spiro atoms. The molecule has 0 aliphatic heterocycles. The molecule has 0 N–H and O–H groups in total. The third-order valence-electron chi connectivity index (χ3n) is 18.7. The lowest BCUT2D eigenvalue weighted by atomic mass is 9.77. The maximum atomic E-state index is 2.34. The summed E-state index contributed by atoms with van der Waals surface area (Å²) in [5, 5.41) is 2.69. The Balaban J connectivity index is 0.000000193. The van der Waals surface area contributed by atoms with Crippen molar-refractivity contribution in [1.29, 1.82) is 0 Å². The second-order valence-corrected chi connectivity index (χ2v) is 37.8. The molecule has 0 heterocycles. The van der Waals surface area contributed by atoms with Crippen molar-refractivity contribution in [3.8, 4) is 44.5 Å². The first-order valence-electron chi connectivity index (χ1n) is 36.3. The molecule has 0 atom stereocenters. The number of rotatable bonds is 4. The summed E-state index contributed by atoms with van der Waals surface area (Å²) in [4.78, 5) is 0. The lowest BCUT2D eigenvalue weighted by Crippen LogP contribution is -2.16. The van der Waals surface area contributed by atoms with Crippen molar-refractivity contribution in [3.05, 3.63) is 286 Å². The Morgan fingerprint density at radius 2 is 0.367 bits per heavy atom. The van der Waals surface area contributed by atoms with Gasteiger partial charge in [0.1, 0.15) is 0 Å². The Morgan fingerprint density at radius 3 is 0.653 bits per heavy atom. The standard InChI is InChI=1S/4C20H26.C18H24/c1-19(2,3)17-11-7-9-15(13-17)16-10-8-12-18(14-16)20(4,5)6;1-19(2,3)17-13-9-7-11-15(17)16-12-8-10-14-18(16)20(4,5)6;1-19(2,3)16-11-9-10-15(14-16)17-12-7-8-13-18(17)20(4,5)6;1-19(2,3)16-13-11-15(12-14-16)17-9-7-8-10-18(17)20(4,5)6;1-17(2,3)15-9-7-14-12-16(18(4,5)6)10-8-13(14)11-15/h4*7-14H,1-6H3;7-12H,1-6H3. The van der Waals surface area contributed by atoms with Gasteiger partial charge in [0.05, 0.1) is 0 Å². The summed E-state index contributed by atoms with van der Waals surface area (Å²) < 4.78 is 0. The molecule has 0 aromatic heterocycles. The largest absolute Gasteiger partial charge is 0.0619 e. The van der Waals surface area contributed by atoms with E-state index in [0.717, 1.165) is 0 Å². The summed E-state index contributed by atoms with van der Waals surface area (Å²) >= 11 is 0. The van der Waals surface area contributed by atoms with Gasteiger partial charge in [0, 0.05) is 0 Å². The summed E-state index contributed by atoms with van der Waals surface area (Å²) in [5.41, 5.74) is 26.5. The highest BCUT2D eigenvalue weighted by molar-refractivity contribution is 5.84. The maximum Gasteiger partial charge on any atom is -0.0126 e. The van der Waals surface area contributed by atoms with E-state index in [4.69, 9.17) is 0 Å². The molecule has 0 amide bonds. The molecule has 0 nitrogen and oxygen atoms in total. The van der Waals surface area contributed by atoms with Crippen molar-refractivity contribution >= 4 is 10.8 Å². The summed E-state index contributed by atoms with van der Waals surface area (Å²) in [6.45, 7) is 68.1. The second-order valence-electron chi connectivity index (χ2n) is 37.8. The van der Waals surface area contributed by atoms with E-state index in [-0.39, 0.29) is 54.1 Å². The average molecular weight is 1310 g/mol. The minimum atomic E-state index is 0.154. The summed E-state index contributed by atoms with van der Waals surface area (Å²) in [7, 11) is 0. The Hall–Kier alpha value is -7.54. The zero-order valence-electron chi connectivity index (χ0n) is 66.9. The first kappa shape index (κ1) is 79.4. The van der Waals surface area contributed by atoms with Gasteiger partial charge in [-0.25, -0.2) is 0 Å². The van der Waals surface area contributed by atoms with E-state index in [9.17, 15) is 0 Å². The van der Waals surface area contributed by atoms with Crippen molar-refractivity contribution in [2.45, 2.75) is 262 Å². The van der Waals surface area contributed by atoms with Crippen LogP contribution in [-0.2, 0) is 54.1 Å². The fourth-order valence-corrected chi connectivity index (χ4v) is 12.3. The highest BCUT2D eigenvalue weighted by Gasteiger charge is 2.26. The van der Waals surface area contributed by atoms with Crippen LogP contribution in [0, 0.1) is 0 Å². The SMILES string of the molecule is CC(C)(C)c1ccc(-c2ccccc2C(C)(C)C)cc1.CC(C)(C)c1ccc2cc(C(C)(C)C)ccc2c1.CC(C)(C)c1cccc(-c2cccc(C(C)(C)C)c2)c1.CC(C)(C)c1cccc(-c2ccccc2C(C)(C)C)c1.CC(C)(C)c1ccccc1-c1ccccc1C(C)(C)C. The van der Waals surface area contributed by atoms with Gasteiger partial charge >= 0.3 is 0 Å². The van der Waals surface area contributed by atoms with E-state index in [0.29, 0.717) is 0 Å². The number of fused-ring (bicyclic) bond motifs is 1. The highest BCUT2D eigenvalue weighted by Crippen LogP contribution is 2.41. The normalized spacial score (nSPS) is 12.6. The smallest absolute Gasteiger partial charge is 0.0126 e. The van der Waals surface area contributed by atoms with E-state index in [1.165, 1.54) is 111 Å². The Morgan fingerprint density at radius 1 is 0.143 bits per heavy atom. The van der Waals surface area contributed by atoms with Crippen LogP contribution in [0.2, 0.25) is 0 Å². The average Bonchev–Trinajstić information content (AvgIpc) is 0.810. The monoisotopic (exact) mass is 1310 g/mol. The van der Waals surface area contributed by atoms with Crippen LogP contribution in [0.25, 0.3) is 55.3 Å². The summed E-state index contributed by atoms with van der Waals surface area (Å²) in [5.74, 6) is 0. The molecule has 0 saturated carbocycles. The van der Waals surface area contributed by atoms with E-state index < -0.39 is 0 Å². The number of hydrogen-bond acceptors (Lipinski definition) is 0. The molecule has 0 bridgehead atoms. The molecule has 0 aliphatic carbocycles. The van der Waals surface area contributed by atoms with Crippen LogP contribution in [-0.4, -0.2) is 0 Å². The Labute approximate surface area is 599 Å².